The molecule has 2 rings (SSSR count). The molecule has 0 spiro atoms. The Bertz CT molecular complexity index is 524. The molecule has 1 aliphatic heterocycles. The summed E-state index contributed by atoms with van der Waals surface area (Å²) < 4.78 is 4.72. The number of rotatable bonds is 2. The summed E-state index contributed by atoms with van der Waals surface area (Å²) in [4.78, 5) is 30.3. The molecule has 2 heterocycles. The number of nitrogens with zero attached hydrogens (tertiary/aromatic N) is 2. The minimum Gasteiger partial charge on any atom is -0.465 e. The summed E-state index contributed by atoms with van der Waals surface area (Å²) >= 11 is 1.26. The molecule has 1 aromatic heterocycles. The quantitative estimate of drug-likeness (QED) is 0.818. The van der Waals surface area contributed by atoms with E-state index in [-0.39, 0.29) is 11.9 Å². The molecule has 1 amide bonds. The number of thiazole rings is 1. The molecule has 0 aromatic carbocycles. The van der Waals surface area contributed by atoms with Crippen LogP contribution < -0.4 is 10.2 Å². The minimum atomic E-state index is -0.671. The number of esters is 1. The molecule has 19 heavy (non-hydrogen) atoms. The Morgan fingerprint density at radius 3 is 2.84 bits per heavy atom. The molecule has 0 atom stereocenters. The zero-order valence-corrected chi connectivity index (χ0v) is 12.3. The Labute approximate surface area is 115 Å². The number of amides is 1. The first-order valence-corrected chi connectivity index (χ1v) is 6.81. The molecule has 104 valence electrons. The van der Waals surface area contributed by atoms with Crippen molar-refractivity contribution in [3.63, 3.8) is 0 Å². The normalized spacial score (nSPS) is 18.1. The number of hydrogen-bond donors (Lipinski definition) is 1. The zero-order valence-electron chi connectivity index (χ0n) is 11.4. The van der Waals surface area contributed by atoms with Gasteiger partial charge in [0.15, 0.2) is 5.13 Å². The number of ether oxygens (including phenoxy) is 1. The van der Waals surface area contributed by atoms with Crippen molar-refractivity contribution < 1.29 is 14.3 Å². The highest BCUT2D eigenvalue weighted by Gasteiger charge is 2.39. The second kappa shape index (κ2) is 4.80. The van der Waals surface area contributed by atoms with Gasteiger partial charge in [-0.25, -0.2) is 9.78 Å². The third-order valence-corrected chi connectivity index (χ3v) is 4.40. The maximum absolute atomic E-state index is 11.9. The van der Waals surface area contributed by atoms with Gasteiger partial charge in [0.25, 0.3) is 0 Å². The van der Waals surface area contributed by atoms with Crippen LogP contribution in [0.2, 0.25) is 0 Å². The van der Waals surface area contributed by atoms with Gasteiger partial charge in [-0.05, 0) is 20.8 Å². The van der Waals surface area contributed by atoms with E-state index in [1.165, 1.54) is 18.4 Å². The van der Waals surface area contributed by atoms with Gasteiger partial charge in [-0.3, -0.25) is 4.79 Å². The predicted octanol–water partition coefficient (Wildman–Crippen LogP) is 0.953. The van der Waals surface area contributed by atoms with Crippen LogP contribution in [0.15, 0.2) is 0 Å². The molecule has 0 bridgehead atoms. The highest BCUT2D eigenvalue weighted by molar-refractivity contribution is 7.17. The molecule has 0 unspecified atom stereocenters. The number of aromatic nitrogens is 1. The number of carbonyl (C=O) groups is 2. The van der Waals surface area contributed by atoms with Crippen molar-refractivity contribution in [3.8, 4) is 0 Å². The van der Waals surface area contributed by atoms with Gasteiger partial charge in [0.05, 0.1) is 12.8 Å². The van der Waals surface area contributed by atoms with Gasteiger partial charge in [0.1, 0.15) is 10.4 Å². The number of nitrogens with one attached hydrogen (secondary N) is 1. The summed E-state index contributed by atoms with van der Waals surface area (Å²) in [7, 11) is 1.35. The first-order chi connectivity index (χ1) is 8.87. The maximum atomic E-state index is 11.9. The number of hydrogen-bond acceptors (Lipinski definition) is 6. The van der Waals surface area contributed by atoms with E-state index in [4.69, 9.17) is 4.74 Å². The summed E-state index contributed by atoms with van der Waals surface area (Å²) in [5, 5.41) is 3.51. The number of piperazine rings is 1. The van der Waals surface area contributed by atoms with Crippen molar-refractivity contribution >= 4 is 28.3 Å². The number of aryl methyl sites for hydroxylation is 1. The van der Waals surface area contributed by atoms with Crippen molar-refractivity contribution in [3.05, 3.63) is 10.6 Å². The smallest absolute Gasteiger partial charge is 0.350 e. The lowest BCUT2D eigenvalue weighted by molar-refractivity contribution is -0.126. The van der Waals surface area contributed by atoms with Crippen LogP contribution in [-0.2, 0) is 9.53 Å². The SMILES string of the molecule is COC(=O)c1sc(N2CCNC(=O)C2(C)C)nc1C. The van der Waals surface area contributed by atoms with Crippen molar-refractivity contribution in [2.24, 2.45) is 0 Å². The monoisotopic (exact) mass is 283 g/mol. The third kappa shape index (κ3) is 2.30. The summed E-state index contributed by atoms with van der Waals surface area (Å²) in [5.41, 5.74) is -0.0377. The van der Waals surface area contributed by atoms with E-state index < -0.39 is 5.54 Å². The van der Waals surface area contributed by atoms with Gasteiger partial charge in [-0.2, -0.15) is 0 Å². The van der Waals surface area contributed by atoms with Crippen molar-refractivity contribution in [2.75, 3.05) is 25.1 Å². The molecule has 1 N–H and O–H groups in total. The van der Waals surface area contributed by atoms with E-state index in [0.717, 1.165) is 0 Å². The Morgan fingerprint density at radius 1 is 1.53 bits per heavy atom. The molecule has 6 nitrogen and oxygen atoms in total. The molecule has 1 saturated heterocycles. The standard InChI is InChI=1S/C12H17N3O3S/c1-7-8(9(16)18-4)19-11(14-7)15-6-5-13-10(17)12(15,2)3/h5-6H2,1-4H3,(H,13,17). The van der Waals surface area contributed by atoms with Crippen LogP contribution in [0, 0.1) is 6.92 Å². The zero-order chi connectivity index (χ0) is 14.2. The second-order valence-corrected chi connectivity index (χ2v) is 5.85. The fourth-order valence-corrected chi connectivity index (χ4v) is 3.17. The van der Waals surface area contributed by atoms with Crippen LogP contribution >= 0.6 is 11.3 Å². The van der Waals surface area contributed by atoms with Gasteiger partial charge < -0.3 is 15.0 Å². The molecule has 7 heteroatoms. The van der Waals surface area contributed by atoms with Gasteiger partial charge in [0.2, 0.25) is 5.91 Å². The van der Waals surface area contributed by atoms with E-state index in [2.05, 4.69) is 10.3 Å². The van der Waals surface area contributed by atoms with Crippen LogP contribution in [0.5, 0.6) is 0 Å². The van der Waals surface area contributed by atoms with Gasteiger partial charge in [0, 0.05) is 13.1 Å². The third-order valence-electron chi connectivity index (χ3n) is 3.24. The Balaban J connectivity index is 2.36. The van der Waals surface area contributed by atoms with Crippen molar-refractivity contribution in [1.82, 2.24) is 10.3 Å². The molecular formula is C12H17N3O3S. The van der Waals surface area contributed by atoms with Crippen LogP contribution in [0.3, 0.4) is 0 Å². The molecule has 1 fully saturated rings. The Hall–Kier alpha value is -1.63. The van der Waals surface area contributed by atoms with Gasteiger partial charge >= 0.3 is 5.97 Å². The fourth-order valence-electron chi connectivity index (χ4n) is 2.01. The summed E-state index contributed by atoms with van der Waals surface area (Å²) in [6, 6.07) is 0. The molecule has 0 radical (unpaired) electrons. The fraction of sp³-hybridized carbons (Fsp3) is 0.583. The highest BCUT2D eigenvalue weighted by atomic mass is 32.1. The van der Waals surface area contributed by atoms with E-state index >= 15 is 0 Å². The average molecular weight is 283 g/mol. The molecule has 0 saturated carbocycles. The molecule has 1 aliphatic rings. The van der Waals surface area contributed by atoms with Crippen molar-refractivity contribution in [1.29, 1.82) is 0 Å². The highest BCUT2D eigenvalue weighted by Crippen LogP contribution is 2.32. The lowest BCUT2D eigenvalue weighted by atomic mass is 10.00. The number of carbonyl (C=O) groups excluding carboxylic acids is 2. The molecular weight excluding hydrogens is 266 g/mol. The minimum absolute atomic E-state index is 0.0359. The largest absolute Gasteiger partial charge is 0.465 e. The first kappa shape index (κ1) is 13.8. The van der Waals surface area contributed by atoms with Crippen LogP contribution in [-0.4, -0.2) is 42.6 Å². The van der Waals surface area contributed by atoms with Crippen LogP contribution in [0.4, 0.5) is 5.13 Å². The van der Waals surface area contributed by atoms with Crippen molar-refractivity contribution in [2.45, 2.75) is 26.3 Å². The molecule has 1 aromatic rings. The Kier molecular flexibility index (Phi) is 3.49. The average Bonchev–Trinajstić information content (AvgIpc) is 2.73. The van der Waals surface area contributed by atoms with Crippen LogP contribution in [0.25, 0.3) is 0 Å². The van der Waals surface area contributed by atoms with E-state index in [9.17, 15) is 9.59 Å². The van der Waals surface area contributed by atoms with Gasteiger partial charge in [-0.1, -0.05) is 11.3 Å². The lowest BCUT2D eigenvalue weighted by Crippen LogP contribution is -2.62. The topological polar surface area (TPSA) is 71.5 Å². The maximum Gasteiger partial charge on any atom is 0.350 e. The predicted molar refractivity (Wildman–Crippen MR) is 72.6 cm³/mol. The Morgan fingerprint density at radius 2 is 2.21 bits per heavy atom. The van der Waals surface area contributed by atoms with E-state index in [1.807, 2.05) is 18.7 Å². The van der Waals surface area contributed by atoms with Crippen LogP contribution in [0.1, 0.15) is 29.2 Å². The van der Waals surface area contributed by atoms with Gasteiger partial charge in [-0.15, -0.1) is 0 Å². The number of anilines is 1. The summed E-state index contributed by atoms with van der Waals surface area (Å²) in [6.45, 7) is 6.70. The molecule has 0 aliphatic carbocycles. The van der Waals surface area contributed by atoms with E-state index in [1.54, 1.807) is 6.92 Å². The first-order valence-electron chi connectivity index (χ1n) is 5.99. The second-order valence-electron chi connectivity index (χ2n) is 4.87. The van der Waals surface area contributed by atoms with E-state index in [0.29, 0.717) is 28.8 Å². The number of methoxy groups -OCH3 is 1. The summed E-state index contributed by atoms with van der Waals surface area (Å²) in [5.74, 6) is -0.424. The summed E-state index contributed by atoms with van der Waals surface area (Å²) in [6.07, 6.45) is 0. The lowest BCUT2D eigenvalue weighted by Gasteiger charge is -2.41.